The largest absolute Gasteiger partial charge is 0.435 e. The predicted molar refractivity (Wildman–Crippen MR) is 133 cm³/mol. The summed E-state index contributed by atoms with van der Waals surface area (Å²) in [5.74, 6) is 2.44. The number of amides is 1. The first-order valence-corrected chi connectivity index (χ1v) is 13.3. The van der Waals surface area contributed by atoms with E-state index in [1.54, 1.807) is 35.7 Å². The summed E-state index contributed by atoms with van der Waals surface area (Å²) in [4.78, 5) is 12.6. The van der Waals surface area contributed by atoms with Crippen LogP contribution in [0.4, 0.5) is 18.0 Å². The third-order valence-corrected chi connectivity index (χ3v) is 7.10. The molecule has 0 aliphatic heterocycles. The quantitative estimate of drug-likeness (QED) is 0.254. The Morgan fingerprint density at radius 2 is 1.84 bits per heavy atom. The van der Waals surface area contributed by atoms with E-state index in [4.69, 9.17) is 4.74 Å². The maximum atomic E-state index is 13.6. The molecule has 0 aliphatic rings. The summed E-state index contributed by atoms with van der Waals surface area (Å²) < 4.78 is 71.2. The Morgan fingerprint density at radius 3 is 2.54 bits per heavy atom. The minimum atomic E-state index is -4.73. The van der Waals surface area contributed by atoms with Crippen molar-refractivity contribution < 1.29 is 31.1 Å². The van der Waals surface area contributed by atoms with Crippen LogP contribution in [-0.2, 0) is 16.0 Å². The molecule has 0 bridgehead atoms. The van der Waals surface area contributed by atoms with Crippen LogP contribution in [0, 0.1) is 12.0 Å². The standard InChI is InChI=1S/C25H18F3N3O4S2/c1-3-11-29-24(32)35-21-10-5-4-9-19(21)31-20(14-23(30-31)25(26,27)28)22-13-17(15-36-22)16-7-6-8-18(12-16)37(2,33)34/h4-10,12-15H,1-2H3,(H,29,32). The topological polar surface area (TPSA) is 90.3 Å². The van der Waals surface area contributed by atoms with Gasteiger partial charge in [-0.15, -0.1) is 11.3 Å². The number of hydrogen-bond donors (Lipinski definition) is 1. The van der Waals surface area contributed by atoms with Crippen molar-refractivity contribution in [2.75, 3.05) is 6.26 Å². The summed E-state index contributed by atoms with van der Waals surface area (Å²) in [7, 11) is -3.45. The van der Waals surface area contributed by atoms with Crippen molar-refractivity contribution in [3.63, 3.8) is 0 Å². The van der Waals surface area contributed by atoms with Gasteiger partial charge in [0.2, 0.25) is 0 Å². The van der Waals surface area contributed by atoms with Gasteiger partial charge in [0.15, 0.2) is 21.3 Å². The molecule has 0 radical (unpaired) electrons. The van der Waals surface area contributed by atoms with Crippen LogP contribution in [0.1, 0.15) is 12.6 Å². The highest BCUT2D eigenvalue weighted by Gasteiger charge is 2.36. The first-order chi connectivity index (χ1) is 17.5. The van der Waals surface area contributed by atoms with Crippen molar-refractivity contribution in [1.82, 2.24) is 15.1 Å². The second-order valence-corrected chi connectivity index (χ2v) is 10.6. The number of alkyl halides is 3. The summed E-state index contributed by atoms with van der Waals surface area (Å²) in [5, 5.41) is 7.67. The molecule has 0 atom stereocenters. The maximum absolute atomic E-state index is 13.6. The van der Waals surface area contributed by atoms with Gasteiger partial charge in [-0.2, -0.15) is 18.3 Å². The van der Waals surface area contributed by atoms with E-state index in [0.717, 1.165) is 28.3 Å². The van der Waals surface area contributed by atoms with Crippen LogP contribution in [0.15, 0.2) is 70.9 Å². The van der Waals surface area contributed by atoms with E-state index in [-0.39, 0.29) is 22.0 Å². The van der Waals surface area contributed by atoms with Gasteiger partial charge in [-0.05, 0) is 59.8 Å². The number of halogens is 3. The number of thiophene rings is 1. The molecule has 4 aromatic rings. The van der Waals surface area contributed by atoms with Crippen molar-refractivity contribution >= 4 is 27.3 Å². The zero-order valence-corrected chi connectivity index (χ0v) is 21.0. The van der Waals surface area contributed by atoms with Crippen LogP contribution < -0.4 is 10.1 Å². The van der Waals surface area contributed by atoms with E-state index in [1.807, 2.05) is 0 Å². The highest BCUT2D eigenvalue weighted by Crippen LogP contribution is 2.39. The average Bonchev–Trinajstić information content (AvgIpc) is 3.50. The van der Waals surface area contributed by atoms with Gasteiger partial charge in [0, 0.05) is 12.3 Å². The van der Waals surface area contributed by atoms with E-state index in [2.05, 4.69) is 22.4 Å². The van der Waals surface area contributed by atoms with E-state index < -0.39 is 27.8 Å². The number of ether oxygens (including phenoxy) is 1. The molecule has 0 spiro atoms. The molecule has 0 saturated carbocycles. The molecule has 0 fully saturated rings. The second-order valence-electron chi connectivity index (χ2n) is 7.68. The van der Waals surface area contributed by atoms with Gasteiger partial charge in [0.1, 0.15) is 5.69 Å². The summed E-state index contributed by atoms with van der Waals surface area (Å²) in [6.45, 7) is 1.51. The fraction of sp³-hybridized carbons (Fsp3) is 0.120. The molecule has 1 amide bonds. The number of carbonyl (C=O) groups excluding carboxylic acids is 1. The van der Waals surface area contributed by atoms with E-state index >= 15 is 0 Å². The van der Waals surface area contributed by atoms with Gasteiger partial charge in [0.05, 0.1) is 15.5 Å². The number of nitrogens with one attached hydrogen (secondary N) is 1. The SMILES string of the molecule is CC#CNC(=O)Oc1ccccc1-n1nc(C(F)(F)F)cc1-c1cc(-c2cccc(S(C)(=O)=O)c2)cs1. The smallest absolute Gasteiger partial charge is 0.407 e. The van der Waals surface area contributed by atoms with Crippen molar-refractivity contribution in [2.24, 2.45) is 0 Å². The predicted octanol–water partition coefficient (Wildman–Crippen LogP) is 5.76. The molecule has 0 saturated heterocycles. The Bertz CT molecular complexity index is 1650. The Kier molecular flexibility index (Phi) is 7.11. The third-order valence-electron chi connectivity index (χ3n) is 5.03. The molecular formula is C25H18F3N3O4S2. The van der Waals surface area contributed by atoms with Crippen molar-refractivity contribution in [3.8, 4) is 45.1 Å². The first-order valence-electron chi connectivity index (χ1n) is 10.5. The number of para-hydroxylation sites is 2. The molecule has 2 aromatic carbocycles. The number of sulfone groups is 1. The van der Waals surface area contributed by atoms with Crippen LogP contribution in [0.2, 0.25) is 0 Å². The second kappa shape index (κ2) is 10.1. The minimum Gasteiger partial charge on any atom is -0.407 e. The van der Waals surface area contributed by atoms with Crippen LogP contribution >= 0.6 is 11.3 Å². The number of benzene rings is 2. The maximum Gasteiger partial charge on any atom is 0.435 e. The van der Waals surface area contributed by atoms with Crippen LogP contribution in [-0.4, -0.2) is 30.5 Å². The molecule has 12 heteroatoms. The Morgan fingerprint density at radius 1 is 1.08 bits per heavy atom. The highest BCUT2D eigenvalue weighted by atomic mass is 32.2. The number of carbonyl (C=O) groups is 1. The minimum absolute atomic E-state index is 0.0337. The number of hydrogen-bond acceptors (Lipinski definition) is 6. The van der Waals surface area contributed by atoms with Crippen LogP contribution in [0.5, 0.6) is 5.75 Å². The average molecular weight is 546 g/mol. The van der Waals surface area contributed by atoms with Gasteiger partial charge in [-0.25, -0.2) is 23.2 Å². The zero-order chi connectivity index (χ0) is 26.8. The van der Waals surface area contributed by atoms with Crippen LogP contribution in [0.25, 0.3) is 27.4 Å². The van der Waals surface area contributed by atoms with Crippen LogP contribution in [0.3, 0.4) is 0 Å². The van der Waals surface area contributed by atoms with Crippen molar-refractivity contribution in [3.05, 3.63) is 71.7 Å². The van der Waals surface area contributed by atoms with Gasteiger partial charge in [-0.3, -0.25) is 0 Å². The van der Waals surface area contributed by atoms with Crippen molar-refractivity contribution in [2.45, 2.75) is 18.0 Å². The van der Waals surface area contributed by atoms with Crippen molar-refractivity contribution in [1.29, 1.82) is 0 Å². The van der Waals surface area contributed by atoms with E-state index in [9.17, 15) is 26.4 Å². The summed E-state index contributed by atoms with van der Waals surface area (Å²) in [6, 6.07) is 17.2. The molecular weight excluding hydrogens is 527 g/mol. The zero-order valence-electron chi connectivity index (χ0n) is 19.3. The number of rotatable bonds is 5. The fourth-order valence-corrected chi connectivity index (χ4v) is 4.95. The normalized spacial score (nSPS) is 11.5. The lowest BCUT2D eigenvalue weighted by atomic mass is 10.1. The van der Waals surface area contributed by atoms with E-state index in [1.165, 1.54) is 31.2 Å². The summed E-state index contributed by atoms with van der Waals surface area (Å²) in [5.41, 5.74) is 0.278. The third kappa shape index (κ3) is 5.84. The molecule has 2 aromatic heterocycles. The fourth-order valence-electron chi connectivity index (χ4n) is 3.36. The van der Waals surface area contributed by atoms with Gasteiger partial charge < -0.3 is 4.74 Å². The lowest BCUT2D eigenvalue weighted by Gasteiger charge is -2.11. The molecule has 7 nitrogen and oxygen atoms in total. The molecule has 0 aliphatic carbocycles. The van der Waals surface area contributed by atoms with Gasteiger partial charge >= 0.3 is 12.3 Å². The highest BCUT2D eigenvalue weighted by molar-refractivity contribution is 7.90. The summed E-state index contributed by atoms with van der Waals surface area (Å²) >= 11 is 1.16. The lowest BCUT2D eigenvalue weighted by molar-refractivity contribution is -0.141. The summed E-state index contributed by atoms with van der Waals surface area (Å²) in [6.07, 6.45) is -4.54. The number of nitrogens with zero attached hydrogens (tertiary/aromatic N) is 2. The Labute approximate surface area is 214 Å². The molecule has 190 valence electrons. The molecule has 0 unspecified atom stereocenters. The number of aromatic nitrogens is 2. The van der Waals surface area contributed by atoms with E-state index in [0.29, 0.717) is 16.0 Å². The van der Waals surface area contributed by atoms with Gasteiger partial charge in [0.25, 0.3) is 0 Å². The van der Waals surface area contributed by atoms with Gasteiger partial charge in [-0.1, -0.05) is 30.2 Å². The lowest BCUT2D eigenvalue weighted by Crippen LogP contribution is -2.22. The molecule has 2 heterocycles. The molecule has 37 heavy (non-hydrogen) atoms. The first kappa shape index (κ1) is 26.0. The molecule has 4 rings (SSSR count). The Balaban J connectivity index is 1.81. The monoisotopic (exact) mass is 545 g/mol. The Hall–Kier alpha value is -4.08. The molecule has 1 N–H and O–H groups in total.